The van der Waals surface area contributed by atoms with E-state index in [1.165, 1.54) is 7.11 Å². The van der Waals surface area contributed by atoms with Crippen LogP contribution < -0.4 is 5.32 Å². The van der Waals surface area contributed by atoms with Crippen molar-refractivity contribution in [1.82, 2.24) is 5.32 Å². The van der Waals surface area contributed by atoms with Crippen molar-refractivity contribution in [2.45, 2.75) is 77.6 Å². The molecular formula is C15H27NO6. The fraction of sp³-hybridized carbons (Fsp3) is 0.867. The van der Waals surface area contributed by atoms with Gasteiger partial charge in [0, 0.05) is 0 Å². The molecule has 1 fully saturated rings. The van der Waals surface area contributed by atoms with Crippen molar-refractivity contribution >= 4 is 12.1 Å². The lowest BCUT2D eigenvalue weighted by Gasteiger charge is -2.27. The minimum absolute atomic E-state index is 0.0236. The predicted molar refractivity (Wildman–Crippen MR) is 79.3 cm³/mol. The molecule has 22 heavy (non-hydrogen) atoms. The second kappa shape index (κ2) is 6.83. The van der Waals surface area contributed by atoms with Crippen LogP contribution >= 0.6 is 0 Å². The lowest BCUT2D eigenvalue weighted by molar-refractivity contribution is -0.151. The third-order valence-electron chi connectivity index (χ3n) is 3.07. The van der Waals surface area contributed by atoms with Crippen LogP contribution in [0.15, 0.2) is 0 Å². The van der Waals surface area contributed by atoms with Crippen molar-refractivity contribution in [3.05, 3.63) is 0 Å². The summed E-state index contributed by atoms with van der Waals surface area (Å²) in [4.78, 5) is 23.6. The first-order chi connectivity index (χ1) is 9.93. The molecule has 0 aliphatic carbocycles. The number of nitrogens with one attached hydrogen (secondary N) is 1. The Hall–Kier alpha value is -1.34. The highest BCUT2D eigenvalue weighted by Gasteiger charge is 2.44. The molecule has 1 aliphatic rings. The van der Waals surface area contributed by atoms with E-state index in [-0.39, 0.29) is 12.5 Å². The third-order valence-corrected chi connectivity index (χ3v) is 3.07. The van der Waals surface area contributed by atoms with E-state index < -0.39 is 35.6 Å². The van der Waals surface area contributed by atoms with Gasteiger partial charge in [0.25, 0.3) is 0 Å². The van der Waals surface area contributed by atoms with Crippen molar-refractivity contribution in [3.63, 3.8) is 0 Å². The fourth-order valence-corrected chi connectivity index (χ4v) is 2.35. The number of amides is 1. The molecule has 1 aliphatic heterocycles. The molecule has 0 spiro atoms. The largest absolute Gasteiger partial charge is 0.469 e. The molecule has 0 bridgehead atoms. The Bertz CT molecular complexity index is 415. The van der Waals surface area contributed by atoms with Gasteiger partial charge in [-0.05, 0) is 41.5 Å². The zero-order chi connectivity index (χ0) is 17.1. The summed E-state index contributed by atoms with van der Waals surface area (Å²) >= 11 is 0. The Kier molecular flexibility index (Phi) is 5.81. The van der Waals surface area contributed by atoms with Crippen LogP contribution in [0.5, 0.6) is 0 Å². The lowest BCUT2D eigenvalue weighted by Crippen LogP contribution is -2.49. The van der Waals surface area contributed by atoms with E-state index >= 15 is 0 Å². The SMILES string of the molecule is COC(=O)C[C@H](NC(=O)OC(C)(C)C)[C@H]1OC(C)(C)O[C@@H]1C. The van der Waals surface area contributed by atoms with Crippen molar-refractivity contribution in [2.24, 2.45) is 0 Å². The minimum atomic E-state index is -0.770. The molecule has 0 aromatic carbocycles. The molecule has 128 valence electrons. The van der Waals surface area contributed by atoms with Gasteiger partial charge in [0.1, 0.15) is 11.7 Å². The molecule has 3 atom stereocenters. The van der Waals surface area contributed by atoms with E-state index in [4.69, 9.17) is 14.2 Å². The number of ether oxygens (including phenoxy) is 4. The number of carbonyl (C=O) groups excluding carboxylic acids is 2. The second-order valence-corrected chi connectivity index (χ2v) is 6.84. The normalized spacial score (nSPS) is 25.4. The minimum Gasteiger partial charge on any atom is -0.469 e. The topological polar surface area (TPSA) is 83.1 Å². The van der Waals surface area contributed by atoms with Crippen LogP contribution in [0.1, 0.15) is 48.0 Å². The van der Waals surface area contributed by atoms with E-state index in [0.717, 1.165) is 0 Å². The van der Waals surface area contributed by atoms with Crippen LogP contribution in [0.2, 0.25) is 0 Å². The van der Waals surface area contributed by atoms with Crippen molar-refractivity contribution < 1.29 is 28.5 Å². The highest BCUT2D eigenvalue weighted by molar-refractivity contribution is 5.73. The maximum Gasteiger partial charge on any atom is 0.407 e. The van der Waals surface area contributed by atoms with Gasteiger partial charge >= 0.3 is 12.1 Å². The summed E-state index contributed by atoms with van der Waals surface area (Å²) in [5.41, 5.74) is -0.627. The summed E-state index contributed by atoms with van der Waals surface area (Å²) in [5, 5.41) is 2.68. The van der Waals surface area contributed by atoms with Gasteiger partial charge < -0.3 is 24.3 Å². The van der Waals surface area contributed by atoms with E-state index in [1.807, 2.05) is 6.92 Å². The number of hydrogen-bond acceptors (Lipinski definition) is 6. The van der Waals surface area contributed by atoms with Gasteiger partial charge in [-0.1, -0.05) is 0 Å². The van der Waals surface area contributed by atoms with Crippen LogP contribution in [0.25, 0.3) is 0 Å². The highest BCUT2D eigenvalue weighted by atomic mass is 16.8. The van der Waals surface area contributed by atoms with Crippen LogP contribution in [0, 0.1) is 0 Å². The van der Waals surface area contributed by atoms with E-state index in [0.29, 0.717) is 0 Å². The van der Waals surface area contributed by atoms with Gasteiger partial charge in [0.05, 0.1) is 25.7 Å². The van der Waals surface area contributed by atoms with Gasteiger partial charge in [-0.2, -0.15) is 0 Å². The van der Waals surface area contributed by atoms with Crippen molar-refractivity contribution in [2.75, 3.05) is 7.11 Å². The molecule has 0 radical (unpaired) electrons. The standard InChI is InChI=1S/C15H27NO6/c1-9-12(21-15(5,6)20-9)10(8-11(17)19-7)16-13(18)22-14(2,3)4/h9-10,12H,8H2,1-7H3,(H,16,18)/t9-,10+,12+/m1/s1. The number of rotatable bonds is 4. The third kappa shape index (κ3) is 5.81. The van der Waals surface area contributed by atoms with Crippen molar-refractivity contribution in [3.8, 4) is 0 Å². The summed E-state index contributed by atoms with van der Waals surface area (Å²) in [6, 6.07) is -0.598. The zero-order valence-electron chi connectivity index (χ0n) is 14.4. The average Bonchev–Trinajstić information content (AvgIpc) is 2.59. The number of esters is 1. The van der Waals surface area contributed by atoms with Crippen molar-refractivity contribution in [1.29, 1.82) is 0 Å². The molecule has 1 rings (SSSR count). The molecule has 0 aromatic heterocycles. The molecule has 1 heterocycles. The van der Waals surface area contributed by atoms with Crippen LogP contribution in [-0.2, 0) is 23.7 Å². The van der Waals surface area contributed by atoms with E-state index in [2.05, 4.69) is 10.1 Å². The van der Waals surface area contributed by atoms with Gasteiger partial charge in [-0.3, -0.25) is 4.79 Å². The molecule has 1 saturated heterocycles. The molecule has 0 unspecified atom stereocenters. The zero-order valence-corrected chi connectivity index (χ0v) is 14.4. The first-order valence-corrected chi connectivity index (χ1v) is 7.35. The summed E-state index contributed by atoms with van der Waals surface area (Å²) in [7, 11) is 1.30. The molecular weight excluding hydrogens is 290 g/mol. The number of hydrogen-bond donors (Lipinski definition) is 1. The summed E-state index contributed by atoms with van der Waals surface area (Å²) in [6.07, 6.45) is -1.38. The Labute approximate surface area is 131 Å². The monoisotopic (exact) mass is 317 g/mol. The Morgan fingerprint density at radius 1 is 1.27 bits per heavy atom. The Morgan fingerprint density at radius 2 is 1.86 bits per heavy atom. The van der Waals surface area contributed by atoms with E-state index in [1.54, 1.807) is 34.6 Å². The van der Waals surface area contributed by atoms with Crippen LogP contribution in [0.3, 0.4) is 0 Å². The second-order valence-electron chi connectivity index (χ2n) is 6.84. The molecule has 0 saturated carbocycles. The molecule has 1 amide bonds. The Balaban J connectivity index is 2.80. The smallest absolute Gasteiger partial charge is 0.407 e. The predicted octanol–water partition coefficient (Wildman–Crippen LogP) is 1.98. The number of methoxy groups -OCH3 is 1. The Morgan fingerprint density at radius 3 is 2.27 bits per heavy atom. The maximum absolute atomic E-state index is 12.0. The van der Waals surface area contributed by atoms with Crippen LogP contribution in [-0.4, -0.2) is 48.8 Å². The van der Waals surface area contributed by atoms with Gasteiger partial charge in [0.15, 0.2) is 5.79 Å². The first-order valence-electron chi connectivity index (χ1n) is 7.35. The van der Waals surface area contributed by atoms with Crippen LogP contribution in [0.4, 0.5) is 4.79 Å². The fourth-order valence-electron chi connectivity index (χ4n) is 2.35. The average molecular weight is 317 g/mol. The number of carbonyl (C=O) groups is 2. The van der Waals surface area contributed by atoms with Gasteiger partial charge in [0.2, 0.25) is 0 Å². The van der Waals surface area contributed by atoms with Gasteiger partial charge in [-0.25, -0.2) is 4.79 Å². The molecule has 1 N–H and O–H groups in total. The maximum atomic E-state index is 12.0. The highest BCUT2D eigenvalue weighted by Crippen LogP contribution is 2.30. The summed E-state index contributed by atoms with van der Waals surface area (Å²) in [6.45, 7) is 10.7. The first kappa shape index (κ1) is 18.7. The molecule has 7 nitrogen and oxygen atoms in total. The quantitative estimate of drug-likeness (QED) is 0.798. The van der Waals surface area contributed by atoms with E-state index in [9.17, 15) is 9.59 Å². The lowest BCUT2D eigenvalue weighted by atomic mass is 10.0. The number of alkyl carbamates (subject to hydrolysis) is 1. The summed E-state index contributed by atoms with van der Waals surface area (Å²) in [5.74, 6) is -1.21. The summed E-state index contributed by atoms with van der Waals surface area (Å²) < 4.78 is 21.4. The van der Waals surface area contributed by atoms with Gasteiger partial charge in [-0.15, -0.1) is 0 Å². The molecule has 7 heteroatoms. The molecule has 0 aromatic rings.